The molecule has 10 nitrogen and oxygen atoms in total. The van der Waals surface area contributed by atoms with E-state index in [1.54, 1.807) is 14.2 Å². The second-order valence-electron chi connectivity index (χ2n) is 15.0. The van der Waals surface area contributed by atoms with Crippen LogP contribution >= 0.6 is 0 Å². The maximum absolute atomic E-state index is 11.8. The van der Waals surface area contributed by atoms with Crippen LogP contribution in [0.2, 0.25) is 0 Å². The molecule has 0 bridgehead atoms. The van der Waals surface area contributed by atoms with Gasteiger partial charge in [-0.1, -0.05) is 36.4 Å². The first-order chi connectivity index (χ1) is 26.1. The van der Waals surface area contributed by atoms with Crippen molar-refractivity contribution in [2.24, 2.45) is 0 Å². The van der Waals surface area contributed by atoms with E-state index in [0.29, 0.717) is 37.4 Å². The molecule has 2 saturated heterocycles. The van der Waals surface area contributed by atoms with E-state index < -0.39 is 0 Å². The molecular weight excluding hydrogens is 684 g/mol. The number of cyclic esters (lactones) is 2. The highest BCUT2D eigenvalue weighted by Gasteiger charge is 2.33. The molecule has 54 heavy (non-hydrogen) atoms. The number of aliphatic hydroxyl groups is 2. The second-order valence-corrected chi connectivity index (χ2v) is 15.0. The van der Waals surface area contributed by atoms with Crippen molar-refractivity contribution in [2.45, 2.75) is 77.0 Å². The Labute approximate surface area is 317 Å². The molecule has 4 aromatic rings. The molecule has 4 aliphatic rings. The van der Waals surface area contributed by atoms with Crippen molar-refractivity contribution in [1.29, 1.82) is 0 Å². The van der Waals surface area contributed by atoms with Gasteiger partial charge < -0.3 is 29.2 Å². The lowest BCUT2D eigenvalue weighted by Gasteiger charge is -2.36. The molecule has 4 aromatic carbocycles. The molecule has 4 atom stereocenters. The van der Waals surface area contributed by atoms with Gasteiger partial charge in [0.05, 0.1) is 37.6 Å². The molecule has 0 saturated carbocycles. The first-order valence-corrected chi connectivity index (χ1v) is 18.8. The molecular formula is C44H50N2O8. The van der Waals surface area contributed by atoms with Crippen molar-refractivity contribution < 1.29 is 38.7 Å². The highest BCUT2D eigenvalue weighted by atomic mass is 16.5. The summed E-state index contributed by atoms with van der Waals surface area (Å²) in [6.45, 7) is 9.55. The van der Waals surface area contributed by atoms with Crippen LogP contribution in [0.1, 0.15) is 89.9 Å². The van der Waals surface area contributed by atoms with E-state index in [4.69, 9.17) is 18.9 Å². The third-order valence-electron chi connectivity index (χ3n) is 11.4. The van der Waals surface area contributed by atoms with Crippen LogP contribution in [0.25, 0.3) is 0 Å². The van der Waals surface area contributed by atoms with Crippen molar-refractivity contribution in [3.05, 3.63) is 128 Å². The van der Waals surface area contributed by atoms with Gasteiger partial charge in [-0.15, -0.1) is 0 Å². The second kappa shape index (κ2) is 16.3. The highest BCUT2D eigenvalue weighted by Crippen LogP contribution is 2.36. The number of hydrogen-bond acceptors (Lipinski definition) is 10. The Hall–Kier alpha value is -4.74. The number of likely N-dealkylation sites (tertiary alicyclic amines) is 2. The van der Waals surface area contributed by atoms with Gasteiger partial charge in [0.2, 0.25) is 0 Å². The van der Waals surface area contributed by atoms with Crippen molar-refractivity contribution in [3.8, 4) is 11.5 Å². The van der Waals surface area contributed by atoms with E-state index in [0.717, 1.165) is 72.8 Å². The molecule has 4 unspecified atom stereocenters. The van der Waals surface area contributed by atoms with Gasteiger partial charge in [0.15, 0.2) is 0 Å². The van der Waals surface area contributed by atoms with Crippen LogP contribution in [0.4, 0.5) is 0 Å². The number of β-amino-alcohol motifs (C(OH)–C–C–N with tert-alkyl or cyclic N) is 2. The summed E-state index contributed by atoms with van der Waals surface area (Å²) in [7, 11) is 3.33. The molecule has 2 N–H and O–H groups in total. The summed E-state index contributed by atoms with van der Waals surface area (Å²) in [5, 5.41) is 20.9. The zero-order valence-electron chi connectivity index (χ0n) is 31.5. The standard InChI is InChI=1S/2C22H25NO4/c2*1-14-19(7-8-20-21(14)13-27-22(20)25)16-9-17(24)12-23(11-16)10-15-3-5-18(26-2)6-4-15/h2*3-8,16-17,24H,9-13H2,1-2H3. The normalized spacial score (nSPS) is 22.4. The number of fused-ring (bicyclic) bond motifs is 2. The molecule has 0 spiro atoms. The van der Waals surface area contributed by atoms with Gasteiger partial charge in [0.1, 0.15) is 24.7 Å². The summed E-state index contributed by atoms with van der Waals surface area (Å²) in [5.41, 5.74) is 10.4. The summed E-state index contributed by atoms with van der Waals surface area (Å²) in [5.74, 6) is 1.72. The minimum absolute atomic E-state index is 0.232. The number of ether oxygens (including phenoxy) is 4. The van der Waals surface area contributed by atoms with E-state index in [-0.39, 0.29) is 36.0 Å². The number of piperidine rings is 2. The Balaban J connectivity index is 0.000000167. The highest BCUT2D eigenvalue weighted by molar-refractivity contribution is 5.94. The van der Waals surface area contributed by atoms with Crippen LogP contribution in [0.3, 0.4) is 0 Å². The average molecular weight is 735 g/mol. The Bertz CT molecular complexity index is 1840. The van der Waals surface area contributed by atoms with Crippen LogP contribution in [-0.4, -0.2) is 84.6 Å². The Morgan fingerprint density at radius 3 is 1.35 bits per heavy atom. The average Bonchev–Trinajstić information content (AvgIpc) is 3.75. The molecule has 0 amide bonds. The monoisotopic (exact) mass is 734 g/mol. The zero-order chi connectivity index (χ0) is 37.9. The smallest absolute Gasteiger partial charge is 0.338 e. The first kappa shape index (κ1) is 37.6. The Morgan fingerprint density at radius 1 is 0.593 bits per heavy atom. The topological polar surface area (TPSA) is 118 Å². The van der Waals surface area contributed by atoms with Crippen LogP contribution in [0, 0.1) is 13.8 Å². The molecule has 8 rings (SSSR count). The van der Waals surface area contributed by atoms with Gasteiger partial charge in [-0.3, -0.25) is 9.80 Å². The van der Waals surface area contributed by atoms with Gasteiger partial charge in [-0.05, 0) is 108 Å². The fourth-order valence-corrected chi connectivity index (χ4v) is 8.63. The quantitative estimate of drug-likeness (QED) is 0.207. The van der Waals surface area contributed by atoms with Crippen molar-refractivity contribution in [3.63, 3.8) is 0 Å². The molecule has 0 aromatic heterocycles. The number of methoxy groups -OCH3 is 2. The molecule has 4 heterocycles. The molecule has 0 radical (unpaired) electrons. The SMILES string of the molecule is COc1ccc(CN2CC(O)CC(c3ccc4c(c3C)COC4=O)C2)cc1.COc1ccc(CN2CC(O)CC(c3ccc4c(c3C)COC4=O)C2)cc1. The summed E-state index contributed by atoms with van der Waals surface area (Å²) >= 11 is 0. The lowest BCUT2D eigenvalue weighted by molar-refractivity contribution is 0.0525. The maximum Gasteiger partial charge on any atom is 0.338 e. The number of esters is 2. The summed E-state index contributed by atoms with van der Waals surface area (Å²) in [6.07, 6.45) is 0.779. The van der Waals surface area contributed by atoms with Gasteiger partial charge in [-0.25, -0.2) is 9.59 Å². The molecule has 0 aliphatic carbocycles. The summed E-state index contributed by atoms with van der Waals surface area (Å²) in [6, 6.07) is 24.0. The van der Waals surface area contributed by atoms with E-state index in [1.807, 2.05) is 48.5 Å². The van der Waals surface area contributed by atoms with Gasteiger partial charge in [0.25, 0.3) is 0 Å². The third kappa shape index (κ3) is 8.17. The minimum Gasteiger partial charge on any atom is -0.497 e. The van der Waals surface area contributed by atoms with Gasteiger partial charge >= 0.3 is 11.9 Å². The fourth-order valence-electron chi connectivity index (χ4n) is 8.63. The van der Waals surface area contributed by atoms with Crippen LogP contribution in [0.15, 0.2) is 72.8 Å². The molecule has 4 aliphatic heterocycles. The zero-order valence-corrected chi connectivity index (χ0v) is 31.5. The lowest BCUT2D eigenvalue weighted by atomic mass is 9.84. The number of nitrogens with zero attached hydrogens (tertiary/aromatic N) is 2. The summed E-state index contributed by atoms with van der Waals surface area (Å²) in [4.78, 5) is 28.2. The van der Waals surface area contributed by atoms with E-state index in [1.165, 1.54) is 22.3 Å². The number of rotatable bonds is 8. The number of carbonyl (C=O) groups excluding carboxylic acids is 2. The minimum atomic E-state index is -0.354. The number of hydrogen-bond donors (Lipinski definition) is 2. The first-order valence-electron chi connectivity index (χ1n) is 18.8. The van der Waals surface area contributed by atoms with Gasteiger partial charge in [0, 0.05) is 50.4 Å². The van der Waals surface area contributed by atoms with Crippen LogP contribution in [0.5, 0.6) is 11.5 Å². The number of benzene rings is 4. The van der Waals surface area contributed by atoms with Crippen LogP contribution < -0.4 is 9.47 Å². The number of aliphatic hydroxyl groups excluding tert-OH is 2. The maximum atomic E-state index is 11.8. The van der Waals surface area contributed by atoms with E-state index in [2.05, 4.69) is 47.9 Å². The van der Waals surface area contributed by atoms with E-state index in [9.17, 15) is 19.8 Å². The number of carbonyl (C=O) groups is 2. The van der Waals surface area contributed by atoms with E-state index >= 15 is 0 Å². The molecule has 2 fully saturated rings. The van der Waals surface area contributed by atoms with Crippen molar-refractivity contribution >= 4 is 11.9 Å². The Kier molecular flexibility index (Phi) is 11.4. The van der Waals surface area contributed by atoms with Crippen LogP contribution in [-0.2, 0) is 35.8 Å². The van der Waals surface area contributed by atoms with Crippen molar-refractivity contribution in [1.82, 2.24) is 9.80 Å². The molecule has 284 valence electrons. The van der Waals surface area contributed by atoms with Gasteiger partial charge in [-0.2, -0.15) is 0 Å². The predicted molar refractivity (Wildman–Crippen MR) is 204 cm³/mol. The predicted octanol–water partition coefficient (Wildman–Crippen LogP) is 6.05. The van der Waals surface area contributed by atoms with Crippen molar-refractivity contribution in [2.75, 3.05) is 40.4 Å². The fraction of sp³-hybridized carbons (Fsp3) is 0.409. The lowest BCUT2D eigenvalue weighted by Crippen LogP contribution is -2.41. The molecule has 10 heteroatoms. The third-order valence-corrected chi connectivity index (χ3v) is 11.4. The largest absolute Gasteiger partial charge is 0.497 e. The summed E-state index contributed by atoms with van der Waals surface area (Å²) < 4.78 is 20.8. The Morgan fingerprint density at radius 2 is 0.981 bits per heavy atom.